The van der Waals surface area contributed by atoms with Crippen LogP contribution in [0.1, 0.15) is 30.0 Å². The number of fused-ring (bicyclic) bond motifs is 1. The second-order valence-corrected chi connectivity index (χ2v) is 7.79. The van der Waals surface area contributed by atoms with E-state index in [0.29, 0.717) is 23.1 Å². The van der Waals surface area contributed by atoms with Crippen LogP contribution in [0.3, 0.4) is 0 Å². The molecule has 0 N–H and O–H groups in total. The molecular weight excluding hydrogens is 443 g/mol. The van der Waals surface area contributed by atoms with E-state index in [9.17, 15) is 22.0 Å². The van der Waals surface area contributed by atoms with Crippen LogP contribution >= 0.6 is 0 Å². The molecule has 0 aliphatic heterocycles. The SMILES string of the molecule is C/C=C/CCc1ccc(-c2ccc(C#Cc3ccc4c(F)c(F)c(F)cc4c3)c(F)c2)c(F)c1. The molecule has 0 aliphatic rings. The summed E-state index contributed by atoms with van der Waals surface area (Å²) in [5, 5.41) is 0.0681. The van der Waals surface area contributed by atoms with Crippen molar-refractivity contribution < 1.29 is 22.0 Å². The van der Waals surface area contributed by atoms with Crippen molar-refractivity contribution in [1.82, 2.24) is 0 Å². The fourth-order valence-electron chi connectivity index (χ4n) is 3.67. The number of benzene rings is 4. The van der Waals surface area contributed by atoms with E-state index in [4.69, 9.17) is 0 Å². The summed E-state index contributed by atoms with van der Waals surface area (Å²) in [7, 11) is 0. The lowest BCUT2D eigenvalue weighted by molar-refractivity contribution is 0.453. The molecule has 0 bridgehead atoms. The molecule has 0 saturated heterocycles. The molecule has 4 aromatic carbocycles. The van der Waals surface area contributed by atoms with Gasteiger partial charge in [0.2, 0.25) is 0 Å². The second-order valence-electron chi connectivity index (χ2n) is 7.79. The zero-order valence-corrected chi connectivity index (χ0v) is 18.2. The maximum atomic E-state index is 14.7. The van der Waals surface area contributed by atoms with Crippen LogP contribution in [0.4, 0.5) is 22.0 Å². The van der Waals surface area contributed by atoms with Gasteiger partial charge < -0.3 is 0 Å². The summed E-state index contributed by atoms with van der Waals surface area (Å²) in [5.41, 5.74) is 2.00. The highest BCUT2D eigenvalue weighted by Crippen LogP contribution is 2.27. The van der Waals surface area contributed by atoms with Crippen molar-refractivity contribution in [2.24, 2.45) is 0 Å². The Morgan fingerprint density at radius 3 is 2.29 bits per heavy atom. The minimum absolute atomic E-state index is 0.0742. The molecule has 0 saturated carbocycles. The van der Waals surface area contributed by atoms with Crippen molar-refractivity contribution in [3.8, 4) is 23.0 Å². The largest absolute Gasteiger partial charge is 0.206 e. The summed E-state index contributed by atoms with van der Waals surface area (Å²) in [4.78, 5) is 0. The Labute approximate surface area is 194 Å². The first kappa shape index (κ1) is 23.3. The molecule has 0 amide bonds. The van der Waals surface area contributed by atoms with Crippen molar-refractivity contribution in [3.63, 3.8) is 0 Å². The first-order valence-corrected chi connectivity index (χ1v) is 10.7. The molecule has 5 heteroatoms. The van der Waals surface area contributed by atoms with Gasteiger partial charge in [-0.2, -0.15) is 0 Å². The van der Waals surface area contributed by atoms with Gasteiger partial charge in [0, 0.05) is 16.5 Å². The zero-order chi connectivity index (χ0) is 24.2. The van der Waals surface area contributed by atoms with Crippen LogP contribution in [0.5, 0.6) is 0 Å². The van der Waals surface area contributed by atoms with Crippen LogP contribution in [-0.2, 0) is 6.42 Å². The van der Waals surface area contributed by atoms with E-state index in [2.05, 4.69) is 11.8 Å². The van der Waals surface area contributed by atoms with E-state index in [1.165, 1.54) is 36.4 Å². The fraction of sp³-hybridized carbons (Fsp3) is 0.103. The maximum Gasteiger partial charge on any atom is 0.195 e. The number of halogens is 5. The normalized spacial score (nSPS) is 11.1. The highest BCUT2D eigenvalue weighted by atomic mass is 19.2. The topological polar surface area (TPSA) is 0 Å². The maximum absolute atomic E-state index is 14.7. The summed E-state index contributed by atoms with van der Waals surface area (Å²) < 4.78 is 70.1. The molecule has 0 aromatic heterocycles. The van der Waals surface area contributed by atoms with Gasteiger partial charge in [-0.25, -0.2) is 22.0 Å². The van der Waals surface area contributed by atoms with Gasteiger partial charge in [-0.3, -0.25) is 0 Å². The summed E-state index contributed by atoms with van der Waals surface area (Å²) in [6.45, 7) is 1.93. The number of allylic oxidation sites excluding steroid dienone is 2. The lowest BCUT2D eigenvalue weighted by Gasteiger charge is -2.07. The minimum atomic E-state index is -1.53. The van der Waals surface area contributed by atoms with Crippen LogP contribution in [0.2, 0.25) is 0 Å². The van der Waals surface area contributed by atoms with Crippen molar-refractivity contribution in [2.45, 2.75) is 19.8 Å². The molecule has 0 spiro atoms. The second kappa shape index (κ2) is 9.93. The van der Waals surface area contributed by atoms with E-state index in [0.717, 1.165) is 18.1 Å². The molecule has 0 fully saturated rings. The summed E-state index contributed by atoms with van der Waals surface area (Å²) in [6, 6.07) is 14.2. The molecule has 0 nitrogen and oxygen atoms in total. The van der Waals surface area contributed by atoms with Crippen molar-refractivity contribution >= 4 is 10.8 Å². The molecule has 0 atom stereocenters. The van der Waals surface area contributed by atoms with E-state index in [1.807, 2.05) is 25.1 Å². The number of aryl methyl sites for hydroxylation is 1. The van der Waals surface area contributed by atoms with Gasteiger partial charge in [0.25, 0.3) is 0 Å². The van der Waals surface area contributed by atoms with E-state index < -0.39 is 29.1 Å². The monoisotopic (exact) mass is 462 g/mol. The third-order valence-electron chi connectivity index (χ3n) is 5.46. The lowest BCUT2D eigenvalue weighted by atomic mass is 9.99. The number of rotatable bonds is 4. The van der Waals surface area contributed by atoms with Crippen molar-refractivity contribution in [3.05, 3.63) is 119 Å². The Hall–Kier alpha value is -3.91. The summed E-state index contributed by atoms with van der Waals surface area (Å²) in [6.07, 6.45) is 5.48. The summed E-state index contributed by atoms with van der Waals surface area (Å²) >= 11 is 0. The zero-order valence-electron chi connectivity index (χ0n) is 18.2. The number of hydrogen-bond donors (Lipinski definition) is 0. The average molecular weight is 462 g/mol. The molecule has 0 heterocycles. The van der Waals surface area contributed by atoms with Crippen LogP contribution in [0, 0.1) is 40.9 Å². The number of hydrogen-bond acceptors (Lipinski definition) is 0. The lowest BCUT2D eigenvalue weighted by Crippen LogP contribution is -1.93. The third-order valence-corrected chi connectivity index (χ3v) is 5.46. The Morgan fingerprint density at radius 1 is 0.735 bits per heavy atom. The van der Waals surface area contributed by atoms with Gasteiger partial charge in [0.05, 0.1) is 5.56 Å². The smallest absolute Gasteiger partial charge is 0.195 e. The quantitative estimate of drug-likeness (QED) is 0.124. The molecule has 34 heavy (non-hydrogen) atoms. The van der Waals surface area contributed by atoms with Gasteiger partial charge in [-0.05, 0) is 72.7 Å². The molecule has 170 valence electrons. The van der Waals surface area contributed by atoms with E-state index >= 15 is 0 Å². The van der Waals surface area contributed by atoms with Crippen molar-refractivity contribution in [2.75, 3.05) is 0 Å². The van der Waals surface area contributed by atoms with Gasteiger partial charge in [0.1, 0.15) is 11.6 Å². The standard InChI is InChI=1S/C29H19F5/c1-2-3-4-5-18-7-12-23(26(31)15-18)21-11-10-20(25(30)16-21)9-6-19-8-13-24-22(14-19)17-27(32)29(34)28(24)33/h2-3,7-8,10-17H,4-5H2,1H3/b3-2+. The summed E-state index contributed by atoms with van der Waals surface area (Å²) in [5.74, 6) is 0.270. The Kier molecular flexibility index (Phi) is 6.79. The molecule has 0 radical (unpaired) electrons. The first-order valence-electron chi connectivity index (χ1n) is 10.7. The molecule has 0 unspecified atom stereocenters. The van der Waals surface area contributed by atoms with Gasteiger partial charge >= 0.3 is 0 Å². The Bertz CT molecular complexity index is 1470. The van der Waals surface area contributed by atoms with Crippen LogP contribution in [0.15, 0.2) is 72.8 Å². The molecular formula is C29H19F5. The van der Waals surface area contributed by atoms with Crippen molar-refractivity contribution in [1.29, 1.82) is 0 Å². The van der Waals surface area contributed by atoms with Gasteiger partial charge in [0.15, 0.2) is 17.5 Å². The predicted molar refractivity (Wildman–Crippen MR) is 125 cm³/mol. The van der Waals surface area contributed by atoms with E-state index in [1.54, 1.807) is 12.1 Å². The van der Waals surface area contributed by atoms with Gasteiger partial charge in [-0.15, -0.1) is 0 Å². The molecule has 4 rings (SSSR count). The third kappa shape index (κ3) is 4.87. The van der Waals surface area contributed by atoms with Crippen LogP contribution < -0.4 is 0 Å². The molecule has 4 aromatic rings. The predicted octanol–water partition coefficient (Wildman–Crippen LogP) is 8.11. The highest BCUT2D eigenvalue weighted by Gasteiger charge is 2.13. The van der Waals surface area contributed by atoms with Gasteiger partial charge in [-0.1, -0.05) is 48.3 Å². The highest BCUT2D eigenvalue weighted by molar-refractivity contribution is 5.84. The first-order chi connectivity index (χ1) is 16.4. The Morgan fingerprint density at radius 2 is 1.56 bits per heavy atom. The minimum Gasteiger partial charge on any atom is -0.206 e. The van der Waals surface area contributed by atoms with E-state index in [-0.39, 0.29) is 16.3 Å². The average Bonchev–Trinajstić information content (AvgIpc) is 2.82. The molecule has 0 aliphatic carbocycles. The fourth-order valence-corrected chi connectivity index (χ4v) is 3.67. The van der Waals surface area contributed by atoms with Crippen LogP contribution in [0.25, 0.3) is 21.9 Å². The van der Waals surface area contributed by atoms with Crippen LogP contribution in [-0.4, -0.2) is 0 Å². The Balaban J connectivity index is 1.59.